The Bertz CT molecular complexity index is 987. The second-order valence-corrected chi connectivity index (χ2v) is 7.42. The van der Waals surface area contributed by atoms with E-state index in [1.165, 1.54) is 6.42 Å². The smallest absolute Gasteiger partial charge is 0.257 e. The summed E-state index contributed by atoms with van der Waals surface area (Å²) in [6.45, 7) is 4.92. The number of aryl methyl sites for hydroxylation is 1. The summed E-state index contributed by atoms with van der Waals surface area (Å²) in [5, 5.41) is 4.33. The molecule has 5 heteroatoms. The molecule has 1 N–H and O–H groups in total. The highest BCUT2D eigenvalue weighted by molar-refractivity contribution is 6.07. The number of nitrogens with one attached hydrogen (secondary N) is 1. The van der Waals surface area contributed by atoms with E-state index >= 15 is 0 Å². The van der Waals surface area contributed by atoms with Gasteiger partial charge >= 0.3 is 0 Å². The fourth-order valence-corrected chi connectivity index (χ4v) is 3.98. The van der Waals surface area contributed by atoms with Gasteiger partial charge in [0.1, 0.15) is 0 Å². The lowest BCUT2D eigenvalue weighted by Gasteiger charge is -2.35. The standard InChI is InChI=1S/C23H26N4O/c1-3-18-11-7-8-14-27(18)23(28)20-15-24-22-19(13-12-16(2)25-22)21(20)26-17-9-5-4-6-10-17/h4-6,9-10,12-13,15,18H,3,7-8,11,14H2,1-2H3,(H,24,25,26)/t18-/m0/s1. The van der Waals surface area contributed by atoms with Gasteiger partial charge in [0.25, 0.3) is 5.91 Å². The molecule has 0 spiro atoms. The molecule has 1 saturated heterocycles. The number of pyridine rings is 2. The molecule has 5 nitrogen and oxygen atoms in total. The number of rotatable bonds is 4. The van der Waals surface area contributed by atoms with Crippen LogP contribution in [0.25, 0.3) is 11.0 Å². The Labute approximate surface area is 165 Å². The van der Waals surface area contributed by atoms with Gasteiger partial charge < -0.3 is 10.2 Å². The molecule has 28 heavy (non-hydrogen) atoms. The van der Waals surface area contributed by atoms with Crippen LogP contribution in [-0.4, -0.2) is 33.4 Å². The molecule has 3 heterocycles. The van der Waals surface area contributed by atoms with E-state index in [1.807, 2.05) is 54.3 Å². The van der Waals surface area contributed by atoms with Gasteiger partial charge in [-0.25, -0.2) is 9.97 Å². The Kier molecular flexibility index (Phi) is 5.24. The molecule has 1 atom stereocenters. The number of hydrogen-bond donors (Lipinski definition) is 1. The molecule has 1 amide bonds. The number of para-hydroxylation sites is 1. The molecule has 4 rings (SSSR count). The van der Waals surface area contributed by atoms with Gasteiger partial charge in [0.2, 0.25) is 0 Å². The van der Waals surface area contributed by atoms with Crippen molar-refractivity contribution in [2.75, 3.05) is 11.9 Å². The number of carbonyl (C=O) groups is 1. The summed E-state index contributed by atoms with van der Waals surface area (Å²) >= 11 is 0. The summed E-state index contributed by atoms with van der Waals surface area (Å²) in [5.74, 6) is 0.0555. The molecular weight excluding hydrogens is 348 g/mol. The molecule has 1 aromatic carbocycles. The van der Waals surface area contributed by atoms with Crippen LogP contribution >= 0.6 is 0 Å². The van der Waals surface area contributed by atoms with Crippen molar-refractivity contribution in [1.29, 1.82) is 0 Å². The first-order valence-electron chi connectivity index (χ1n) is 10.1. The van der Waals surface area contributed by atoms with E-state index in [0.717, 1.165) is 48.3 Å². The van der Waals surface area contributed by atoms with Crippen LogP contribution < -0.4 is 5.32 Å². The zero-order valence-corrected chi connectivity index (χ0v) is 16.5. The number of hydrogen-bond acceptors (Lipinski definition) is 4. The number of fused-ring (bicyclic) bond motifs is 1. The maximum Gasteiger partial charge on any atom is 0.257 e. The van der Waals surface area contributed by atoms with Crippen LogP contribution in [0, 0.1) is 6.92 Å². The number of aromatic nitrogens is 2. The van der Waals surface area contributed by atoms with Crippen molar-refractivity contribution >= 4 is 28.3 Å². The van der Waals surface area contributed by atoms with Crippen molar-refractivity contribution in [2.45, 2.75) is 45.6 Å². The first kappa shape index (κ1) is 18.4. The minimum atomic E-state index is 0.0555. The molecule has 2 aromatic heterocycles. The quantitative estimate of drug-likeness (QED) is 0.691. The lowest BCUT2D eigenvalue weighted by molar-refractivity contribution is 0.0609. The zero-order chi connectivity index (χ0) is 19.5. The Balaban J connectivity index is 1.81. The molecule has 0 radical (unpaired) electrons. The molecule has 144 valence electrons. The average molecular weight is 374 g/mol. The van der Waals surface area contributed by atoms with Crippen molar-refractivity contribution in [1.82, 2.24) is 14.9 Å². The first-order valence-corrected chi connectivity index (χ1v) is 10.1. The molecule has 1 aliphatic heterocycles. The third kappa shape index (κ3) is 3.57. The van der Waals surface area contributed by atoms with Crippen molar-refractivity contribution in [3.63, 3.8) is 0 Å². The number of amides is 1. The van der Waals surface area contributed by atoms with Gasteiger partial charge in [0.05, 0.1) is 11.3 Å². The fraction of sp³-hybridized carbons (Fsp3) is 0.348. The summed E-state index contributed by atoms with van der Waals surface area (Å²) < 4.78 is 0. The Morgan fingerprint density at radius 1 is 1.18 bits per heavy atom. The summed E-state index contributed by atoms with van der Waals surface area (Å²) in [6.07, 6.45) is 5.99. The van der Waals surface area contributed by atoms with Crippen LogP contribution in [0.15, 0.2) is 48.7 Å². The maximum absolute atomic E-state index is 13.5. The number of benzene rings is 1. The number of piperidine rings is 1. The van der Waals surface area contributed by atoms with E-state index in [9.17, 15) is 4.79 Å². The second-order valence-electron chi connectivity index (χ2n) is 7.42. The predicted molar refractivity (Wildman–Crippen MR) is 113 cm³/mol. The molecular formula is C23H26N4O. The Hall–Kier alpha value is -2.95. The number of carbonyl (C=O) groups excluding carboxylic acids is 1. The summed E-state index contributed by atoms with van der Waals surface area (Å²) in [7, 11) is 0. The lowest BCUT2D eigenvalue weighted by atomic mass is 9.98. The largest absolute Gasteiger partial charge is 0.354 e. The van der Waals surface area contributed by atoms with E-state index in [-0.39, 0.29) is 5.91 Å². The molecule has 0 bridgehead atoms. The van der Waals surface area contributed by atoms with Gasteiger partial charge in [-0.15, -0.1) is 0 Å². The van der Waals surface area contributed by atoms with Crippen LogP contribution in [0.3, 0.4) is 0 Å². The van der Waals surface area contributed by atoms with Crippen molar-refractivity contribution in [2.24, 2.45) is 0 Å². The Morgan fingerprint density at radius 3 is 2.79 bits per heavy atom. The maximum atomic E-state index is 13.5. The average Bonchev–Trinajstić information content (AvgIpc) is 2.74. The second kappa shape index (κ2) is 7.97. The summed E-state index contributed by atoms with van der Waals surface area (Å²) in [6, 6.07) is 14.2. The number of nitrogens with zero attached hydrogens (tertiary/aromatic N) is 3. The fourth-order valence-electron chi connectivity index (χ4n) is 3.98. The van der Waals surface area contributed by atoms with Gasteiger partial charge in [-0.3, -0.25) is 4.79 Å². The van der Waals surface area contributed by atoms with Crippen LogP contribution in [0.4, 0.5) is 11.4 Å². The number of likely N-dealkylation sites (tertiary alicyclic amines) is 1. The highest BCUT2D eigenvalue weighted by Gasteiger charge is 2.28. The first-order chi connectivity index (χ1) is 13.7. The topological polar surface area (TPSA) is 58.1 Å². The Morgan fingerprint density at radius 2 is 2.00 bits per heavy atom. The van der Waals surface area contributed by atoms with Crippen molar-refractivity contribution in [3.05, 3.63) is 59.9 Å². The monoisotopic (exact) mass is 374 g/mol. The highest BCUT2D eigenvalue weighted by atomic mass is 16.2. The SMILES string of the molecule is CC[C@H]1CCCCN1C(=O)c1cnc2nc(C)ccc2c1Nc1ccccc1. The molecule has 3 aromatic rings. The summed E-state index contributed by atoms with van der Waals surface area (Å²) in [5.41, 5.74) is 3.90. The van der Waals surface area contributed by atoms with Crippen LogP contribution in [0.5, 0.6) is 0 Å². The third-order valence-corrected chi connectivity index (χ3v) is 5.50. The van der Waals surface area contributed by atoms with Gasteiger partial charge in [-0.05, 0) is 56.9 Å². The summed E-state index contributed by atoms with van der Waals surface area (Å²) in [4.78, 5) is 24.6. The zero-order valence-electron chi connectivity index (χ0n) is 16.5. The highest BCUT2D eigenvalue weighted by Crippen LogP contribution is 2.31. The third-order valence-electron chi connectivity index (χ3n) is 5.50. The van der Waals surface area contributed by atoms with Crippen molar-refractivity contribution in [3.8, 4) is 0 Å². The van der Waals surface area contributed by atoms with E-state index in [0.29, 0.717) is 17.3 Å². The van der Waals surface area contributed by atoms with Crippen LogP contribution in [-0.2, 0) is 0 Å². The normalized spacial score (nSPS) is 16.9. The van der Waals surface area contributed by atoms with Gasteiger partial charge in [0, 0.05) is 35.6 Å². The van der Waals surface area contributed by atoms with E-state index < -0.39 is 0 Å². The van der Waals surface area contributed by atoms with Crippen LogP contribution in [0.2, 0.25) is 0 Å². The van der Waals surface area contributed by atoms with Gasteiger partial charge in [-0.2, -0.15) is 0 Å². The molecule has 0 unspecified atom stereocenters. The van der Waals surface area contributed by atoms with Gasteiger partial charge in [0.15, 0.2) is 5.65 Å². The van der Waals surface area contributed by atoms with Gasteiger partial charge in [-0.1, -0.05) is 25.1 Å². The van der Waals surface area contributed by atoms with Crippen molar-refractivity contribution < 1.29 is 4.79 Å². The molecule has 0 aliphatic carbocycles. The van der Waals surface area contributed by atoms with Crippen LogP contribution in [0.1, 0.15) is 48.7 Å². The number of anilines is 2. The minimum Gasteiger partial charge on any atom is -0.354 e. The molecule has 1 fully saturated rings. The minimum absolute atomic E-state index is 0.0555. The van der Waals surface area contributed by atoms with E-state index in [2.05, 4.69) is 22.2 Å². The molecule has 1 aliphatic rings. The molecule has 0 saturated carbocycles. The lowest BCUT2D eigenvalue weighted by Crippen LogP contribution is -2.43. The van der Waals surface area contributed by atoms with E-state index in [1.54, 1.807) is 6.20 Å². The predicted octanol–water partition coefficient (Wildman–Crippen LogP) is 5.09. The van der Waals surface area contributed by atoms with E-state index in [4.69, 9.17) is 0 Å².